The molecule has 8 heavy (non-hydrogen) atoms. The van der Waals surface area contributed by atoms with E-state index >= 15 is 0 Å². The van der Waals surface area contributed by atoms with Crippen molar-refractivity contribution in [2.75, 3.05) is 0 Å². The molecular weight excluding hydrogens is 96.1 g/mol. The highest BCUT2D eigenvalue weighted by atomic mass is 14.5. The van der Waals surface area contributed by atoms with E-state index < -0.39 is 0 Å². The van der Waals surface area contributed by atoms with Gasteiger partial charge in [-0.1, -0.05) is 19.8 Å². The van der Waals surface area contributed by atoms with E-state index in [-0.39, 0.29) is 0 Å². The molecule has 0 radical (unpaired) electrons. The van der Waals surface area contributed by atoms with Crippen molar-refractivity contribution in [2.24, 2.45) is 11.3 Å². The second kappa shape index (κ2) is 1.29. The summed E-state index contributed by atoms with van der Waals surface area (Å²) in [7, 11) is 0. The first-order valence-electron chi connectivity index (χ1n) is 3.83. The first-order valence-corrected chi connectivity index (χ1v) is 3.83. The minimum atomic E-state index is 0.903. The predicted molar refractivity (Wildman–Crippen MR) is 34.7 cm³/mol. The lowest BCUT2D eigenvalue weighted by molar-refractivity contribution is 0.396. The summed E-state index contributed by atoms with van der Waals surface area (Å²) in [5.74, 6) is 1.07. The van der Waals surface area contributed by atoms with Crippen molar-refractivity contribution in [3.05, 3.63) is 0 Å². The number of rotatable bonds is 0. The van der Waals surface area contributed by atoms with Crippen LogP contribution in [-0.4, -0.2) is 0 Å². The van der Waals surface area contributed by atoms with Gasteiger partial charge in [0.05, 0.1) is 0 Å². The van der Waals surface area contributed by atoms with Crippen LogP contribution in [-0.2, 0) is 0 Å². The van der Waals surface area contributed by atoms with Gasteiger partial charge in [-0.2, -0.15) is 0 Å². The van der Waals surface area contributed by atoms with Crippen LogP contribution in [0, 0.1) is 11.3 Å². The predicted octanol–water partition coefficient (Wildman–Crippen LogP) is 2.59. The lowest BCUT2D eigenvalue weighted by Crippen LogP contribution is -2.01. The molecule has 2 rings (SSSR count). The molecular formula is C8H14. The molecule has 1 spiro atoms. The van der Waals surface area contributed by atoms with Gasteiger partial charge in [0, 0.05) is 0 Å². The zero-order valence-corrected chi connectivity index (χ0v) is 5.61. The zero-order chi connectivity index (χ0) is 5.61. The number of hydrogen-bond acceptors (Lipinski definition) is 0. The first-order chi connectivity index (χ1) is 3.83. The molecule has 2 fully saturated rings. The Morgan fingerprint density at radius 1 is 1.25 bits per heavy atom. The van der Waals surface area contributed by atoms with Gasteiger partial charge in [0.2, 0.25) is 0 Å². The van der Waals surface area contributed by atoms with Crippen LogP contribution in [0.25, 0.3) is 0 Å². The Morgan fingerprint density at radius 3 is 2.25 bits per heavy atom. The van der Waals surface area contributed by atoms with Crippen molar-refractivity contribution in [1.29, 1.82) is 0 Å². The van der Waals surface area contributed by atoms with Gasteiger partial charge in [0.15, 0.2) is 0 Å². The van der Waals surface area contributed by atoms with Gasteiger partial charge in [-0.15, -0.1) is 0 Å². The van der Waals surface area contributed by atoms with Crippen LogP contribution in [0.3, 0.4) is 0 Å². The molecule has 0 aromatic heterocycles. The Kier molecular flexibility index (Phi) is 0.778. The summed E-state index contributed by atoms with van der Waals surface area (Å²) in [6, 6.07) is 0. The Morgan fingerprint density at radius 2 is 2.00 bits per heavy atom. The quantitative estimate of drug-likeness (QED) is 0.449. The van der Waals surface area contributed by atoms with Gasteiger partial charge < -0.3 is 0 Å². The molecule has 0 aromatic carbocycles. The van der Waals surface area contributed by atoms with Crippen molar-refractivity contribution in [3.63, 3.8) is 0 Å². The fourth-order valence-corrected chi connectivity index (χ4v) is 2.22. The summed E-state index contributed by atoms with van der Waals surface area (Å²) in [4.78, 5) is 0. The van der Waals surface area contributed by atoms with Crippen LogP contribution in [0.1, 0.15) is 39.0 Å². The SMILES string of the molecule is C[C@H]1CCCC12CC2. The van der Waals surface area contributed by atoms with Gasteiger partial charge in [-0.05, 0) is 30.6 Å². The molecule has 2 saturated carbocycles. The molecule has 0 amide bonds. The van der Waals surface area contributed by atoms with Gasteiger partial charge in [-0.25, -0.2) is 0 Å². The van der Waals surface area contributed by atoms with E-state index in [0.717, 1.165) is 11.3 Å². The van der Waals surface area contributed by atoms with Crippen LogP contribution in [0.2, 0.25) is 0 Å². The van der Waals surface area contributed by atoms with Crippen LogP contribution in [0.5, 0.6) is 0 Å². The van der Waals surface area contributed by atoms with E-state index in [1.807, 2.05) is 0 Å². The lowest BCUT2D eigenvalue weighted by Gasteiger charge is -2.10. The third-order valence-corrected chi connectivity index (χ3v) is 3.25. The molecule has 2 aliphatic carbocycles. The topological polar surface area (TPSA) is 0 Å². The molecule has 1 atom stereocenters. The smallest absolute Gasteiger partial charge is 0.0271 e. The van der Waals surface area contributed by atoms with Crippen molar-refractivity contribution in [1.82, 2.24) is 0 Å². The highest BCUT2D eigenvalue weighted by Gasteiger charge is 2.49. The third-order valence-electron chi connectivity index (χ3n) is 3.25. The van der Waals surface area contributed by atoms with E-state index in [0.29, 0.717) is 0 Å². The van der Waals surface area contributed by atoms with Gasteiger partial charge in [0.1, 0.15) is 0 Å². The van der Waals surface area contributed by atoms with Gasteiger partial charge in [-0.3, -0.25) is 0 Å². The molecule has 0 nitrogen and oxygen atoms in total. The standard InChI is InChI=1S/C8H14/c1-7-3-2-4-8(7)5-6-8/h7H,2-6H2,1H3/t7-/m0/s1. The maximum absolute atomic E-state index is 2.43. The Balaban J connectivity index is 2.12. The third kappa shape index (κ3) is 0.463. The second-order valence-electron chi connectivity index (χ2n) is 3.66. The van der Waals surface area contributed by atoms with Crippen molar-refractivity contribution in [2.45, 2.75) is 39.0 Å². The van der Waals surface area contributed by atoms with Crippen LogP contribution in [0.4, 0.5) is 0 Å². The summed E-state index contributed by atoms with van der Waals surface area (Å²) in [6.45, 7) is 2.43. The van der Waals surface area contributed by atoms with E-state index in [9.17, 15) is 0 Å². The van der Waals surface area contributed by atoms with E-state index in [1.54, 1.807) is 19.3 Å². The second-order valence-corrected chi connectivity index (χ2v) is 3.66. The Hall–Kier alpha value is 0. The summed E-state index contributed by atoms with van der Waals surface area (Å²) < 4.78 is 0. The van der Waals surface area contributed by atoms with Gasteiger partial charge >= 0.3 is 0 Å². The summed E-state index contributed by atoms with van der Waals surface area (Å²) in [5.41, 5.74) is 0.903. The number of hydrogen-bond donors (Lipinski definition) is 0. The molecule has 0 aromatic rings. The molecule has 0 unspecified atom stereocenters. The summed E-state index contributed by atoms with van der Waals surface area (Å²) in [6.07, 6.45) is 7.68. The Bertz CT molecular complexity index is 101. The molecule has 0 aliphatic heterocycles. The fourth-order valence-electron chi connectivity index (χ4n) is 2.22. The summed E-state index contributed by atoms with van der Waals surface area (Å²) in [5, 5.41) is 0. The van der Waals surface area contributed by atoms with E-state index in [4.69, 9.17) is 0 Å². The molecule has 46 valence electrons. The van der Waals surface area contributed by atoms with E-state index in [2.05, 4.69) is 6.92 Å². The van der Waals surface area contributed by atoms with Crippen LogP contribution in [0.15, 0.2) is 0 Å². The highest BCUT2D eigenvalue weighted by Crippen LogP contribution is 2.60. The van der Waals surface area contributed by atoms with E-state index in [1.165, 1.54) is 12.8 Å². The molecule has 0 heteroatoms. The first kappa shape index (κ1) is 4.84. The molecule has 2 aliphatic rings. The van der Waals surface area contributed by atoms with Crippen molar-refractivity contribution in [3.8, 4) is 0 Å². The maximum atomic E-state index is 2.43. The summed E-state index contributed by atoms with van der Waals surface area (Å²) >= 11 is 0. The maximum Gasteiger partial charge on any atom is -0.0271 e. The molecule has 0 bridgehead atoms. The lowest BCUT2D eigenvalue weighted by atomic mass is 9.95. The molecule has 0 N–H and O–H groups in total. The largest absolute Gasteiger partial charge is 0.0620 e. The normalized spacial score (nSPS) is 40.9. The molecule has 0 heterocycles. The highest BCUT2D eigenvalue weighted by molar-refractivity contribution is 5.00. The zero-order valence-electron chi connectivity index (χ0n) is 5.61. The minimum Gasteiger partial charge on any atom is -0.0620 e. The average Bonchev–Trinajstić information content (AvgIpc) is 2.39. The van der Waals surface area contributed by atoms with Crippen LogP contribution < -0.4 is 0 Å². The average molecular weight is 110 g/mol. The fraction of sp³-hybridized carbons (Fsp3) is 1.00. The monoisotopic (exact) mass is 110 g/mol. The van der Waals surface area contributed by atoms with Crippen molar-refractivity contribution < 1.29 is 0 Å². The van der Waals surface area contributed by atoms with Gasteiger partial charge in [0.25, 0.3) is 0 Å². The van der Waals surface area contributed by atoms with Crippen molar-refractivity contribution >= 4 is 0 Å². The minimum absolute atomic E-state index is 0.903. The molecule has 0 saturated heterocycles. The Labute approximate surface area is 51.3 Å². The van der Waals surface area contributed by atoms with Crippen LogP contribution >= 0.6 is 0 Å².